The summed E-state index contributed by atoms with van der Waals surface area (Å²) in [7, 11) is 0. The van der Waals surface area contributed by atoms with Crippen LogP contribution in [-0.2, 0) is 4.79 Å². The van der Waals surface area contributed by atoms with Crippen molar-refractivity contribution < 1.29 is 4.79 Å². The zero-order valence-electron chi connectivity index (χ0n) is 8.61. The Bertz CT molecular complexity index is 290. The van der Waals surface area contributed by atoms with E-state index in [-0.39, 0.29) is 5.91 Å². The van der Waals surface area contributed by atoms with E-state index in [1.165, 1.54) is 0 Å². The van der Waals surface area contributed by atoms with E-state index < -0.39 is 0 Å². The van der Waals surface area contributed by atoms with Gasteiger partial charge in [0.1, 0.15) is 0 Å². The van der Waals surface area contributed by atoms with E-state index in [1.807, 2.05) is 30.3 Å². The molecule has 1 amide bonds. The molecule has 1 rings (SSSR count). The Labute approximate surface area is 94.4 Å². The van der Waals surface area contributed by atoms with Gasteiger partial charge in [-0.25, -0.2) is 0 Å². The largest absolute Gasteiger partial charge is 0.355 e. The predicted molar refractivity (Wildman–Crippen MR) is 63.8 cm³/mol. The summed E-state index contributed by atoms with van der Waals surface area (Å²) in [4.78, 5) is 12.4. The summed E-state index contributed by atoms with van der Waals surface area (Å²) < 4.78 is 0. The van der Waals surface area contributed by atoms with Crippen LogP contribution in [0.1, 0.15) is 6.42 Å². The molecule has 0 heterocycles. The minimum absolute atomic E-state index is 0.0669. The minimum atomic E-state index is 0.0669. The summed E-state index contributed by atoms with van der Waals surface area (Å²) in [5, 5.41) is 2.81. The van der Waals surface area contributed by atoms with Gasteiger partial charge in [0.05, 0.1) is 5.75 Å². The van der Waals surface area contributed by atoms with Crippen LogP contribution in [-0.4, -0.2) is 24.7 Å². The van der Waals surface area contributed by atoms with E-state index in [2.05, 4.69) is 5.32 Å². The summed E-state index contributed by atoms with van der Waals surface area (Å²) in [5.41, 5.74) is 5.32. The Morgan fingerprint density at radius 2 is 2.07 bits per heavy atom. The Kier molecular flexibility index (Phi) is 5.88. The molecule has 15 heavy (non-hydrogen) atoms. The average molecular weight is 224 g/mol. The van der Waals surface area contributed by atoms with Gasteiger partial charge in [-0.1, -0.05) is 18.2 Å². The number of hydrogen-bond donors (Lipinski definition) is 2. The van der Waals surface area contributed by atoms with Crippen LogP contribution in [0.5, 0.6) is 0 Å². The van der Waals surface area contributed by atoms with Crippen LogP contribution in [0.25, 0.3) is 0 Å². The molecular formula is C11H16N2OS. The summed E-state index contributed by atoms with van der Waals surface area (Å²) >= 11 is 1.54. The van der Waals surface area contributed by atoms with Gasteiger partial charge < -0.3 is 11.1 Å². The van der Waals surface area contributed by atoms with Gasteiger partial charge in [-0.2, -0.15) is 0 Å². The van der Waals surface area contributed by atoms with Crippen molar-refractivity contribution in [3.05, 3.63) is 30.3 Å². The van der Waals surface area contributed by atoms with Crippen molar-refractivity contribution in [3.8, 4) is 0 Å². The number of hydrogen-bond acceptors (Lipinski definition) is 3. The second kappa shape index (κ2) is 7.31. The quantitative estimate of drug-likeness (QED) is 0.564. The molecule has 0 unspecified atom stereocenters. The highest BCUT2D eigenvalue weighted by Gasteiger charge is 2.00. The first-order valence-electron chi connectivity index (χ1n) is 4.97. The first-order valence-corrected chi connectivity index (χ1v) is 5.96. The highest BCUT2D eigenvalue weighted by molar-refractivity contribution is 8.00. The molecule has 0 atom stereocenters. The first-order chi connectivity index (χ1) is 7.33. The first kappa shape index (κ1) is 12.1. The van der Waals surface area contributed by atoms with Gasteiger partial charge in [0, 0.05) is 11.4 Å². The van der Waals surface area contributed by atoms with Crippen molar-refractivity contribution in [1.82, 2.24) is 5.32 Å². The van der Waals surface area contributed by atoms with Crippen molar-refractivity contribution >= 4 is 17.7 Å². The highest BCUT2D eigenvalue weighted by atomic mass is 32.2. The van der Waals surface area contributed by atoms with E-state index >= 15 is 0 Å². The molecule has 0 aromatic heterocycles. The topological polar surface area (TPSA) is 55.1 Å². The zero-order chi connectivity index (χ0) is 10.9. The maximum absolute atomic E-state index is 11.3. The number of benzene rings is 1. The monoisotopic (exact) mass is 224 g/mol. The maximum atomic E-state index is 11.3. The van der Waals surface area contributed by atoms with Crippen molar-refractivity contribution in [2.24, 2.45) is 5.73 Å². The molecule has 3 nitrogen and oxygen atoms in total. The number of nitrogens with two attached hydrogens (primary N) is 1. The SMILES string of the molecule is NCCCNC(=O)CSc1ccccc1. The Hall–Kier alpha value is -1.00. The molecule has 0 bridgehead atoms. The molecule has 0 spiro atoms. The van der Waals surface area contributed by atoms with Crippen molar-refractivity contribution in [2.45, 2.75) is 11.3 Å². The molecule has 0 saturated carbocycles. The van der Waals surface area contributed by atoms with E-state index in [0.29, 0.717) is 18.8 Å². The lowest BCUT2D eigenvalue weighted by Crippen LogP contribution is -2.27. The van der Waals surface area contributed by atoms with Gasteiger partial charge in [0.2, 0.25) is 5.91 Å². The highest BCUT2D eigenvalue weighted by Crippen LogP contribution is 2.15. The van der Waals surface area contributed by atoms with E-state index in [1.54, 1.807) is 11.8 Å². The van der Waals surface area contributed by atoms with Crippen LogP contribution in [0.3, 0.4) is 0 Å². The fourth-order valence-electron chi connectivity index (χ4n) is 1.05. The van der Waals surface area contributed by atoms with Gasteiger partial charge in [-0.05, 0) is 25.1 Å². The van der Waals surface area contributed by atoms with Crippen LogP contribution >= 0.6 is 11.8 Å². The minimum Gasteiger partial charge on any atom is -0.355 e. The predicted octanol–water partition coefficient (Wildman–Crippen LogP) is 1.24. The molecular weight excluding hydrogens is 208 g/mol. The molecule has 1 aromatic rings. The number of carbonyl (C=O) groups is 1. The summed E-state index contributed by atoms with van der Waals surface area (Å²) in [5.74, 6) is 0.534. The third-order valence-corrected chi connectivity index (χ3v) is 2.83. The van der Waals surface area contributed by atoms with Gasteiger partial charge in [-0.3, -0.25) is 4.79 Å². The normalized spacial score (nSPS) is 9.93. The lowest BCUT2D eigenvalue weighted by molar-refractivity contribution is -0.118. The van der Waals surface area contributed by atoms with Crippen LogP contribution in [0, 0.1) is 0 Å². The number of amides is 1. The Balaban J connectivity index is 2.17. The molecule has 0 saturated heterocycles. The van der Waals surface area contributed by atoms with Crippen molar-refractivity contribution in [2.75, 3.05) is 18.8 Å². The van der Waals surface area contributed by atoms with Gasteiger partial charge >= 0.3 is 0 Å². The summed E-state index contributed by atoms with van der Waals surface area (Å²) in [6.45, 7) is 1.29. The fraction of sp³-hybridized carbons (Fsp3) is 0.364. The standard InChI is InChI=1S/C11H16N2OS/c12-7-4-8-13-11(14)9-15-10-5-2-1-3-6-10/h1-3,5-6H,4,7-9,12H2,(H,13,14). The summed E-state index contributed by atoms with van der Waals surface area (Å²) in [6.07, 6.45) is 0.835. The molecule has 0 aliphatic rings. The second-order valence-corrected chi connectivity index (χ2v) is 4.14. The van der Waals surface area contributed by atoms with Crippen LogP contribution in [0.2, 0.25) is 0 Å². The third-order valence-electron chi connectivity index (χ3n) is 1.82. The third kappa shape index (κ3) is 5.44. The number of carbonyl (C=O) groups excluding carboxylic acids is 1. The Morgan fingerprint density at radius 1 is 1.33 bits per heavy atom. The molecule has 0 aliphatic carbocycles. The van der Waals surface area contributed by atoms with Crippen molar-refractivity contribution in [1.29, 1.82) is 0 Å². The molecule has 0 radical (unpaired) electrons. The lowest BCUT2D eigenvalue weighted by Gasteiger charge is -2.03. The van der Waals surface area contributed by atoms with Crippen LogP contribution < -0.4 is 11.1 Å². The Morgan fingerprint density at radius 3 is 2.73 bits per heavy atom. The molecule has 3 N–H and O–H groups in total. The molecule has 82 valence electrons. The van der Waals surface area contributed by atoms with E-state index in [0.717, 1.165) is 11.3 Å². The van der Waals surface area contributed by atoms with Crippen molar-refractivity contribution in [3.63, 3.8) is 0 Å². The van der Waals surface area contributed by atoms with Crippen LogP contribution in [0.4, 0.5) is 0 Å². The van der Waals surface area contributed by atoms with E-state index in [9.17, 15) is 4.79 Å². The lowest BCUT2D eigenvalue weighted by atomic mass is 10.4. The zero-order valence-corrected chi connectivity index (χ0v) is 9.43. The smallest absolute Gasteiger partial charge is 0.230 e. The van der Waals surface area contributed by atoms with E-state index in [4.69, 9.17) is 5.73 Å². The van der Waals surface area contributed by atoms with Gasteiger partial charge in [-0.15, -0.1) is 11.8 Å². The van der Waals surface area contributed by atoms with Gasteiger partial charge in [0.25, 0.3) is 0 Å². The number of nitrogens with one attached hydrogen (secondary N) is 1. The molecule has 0 fully saturated rings. The summed E-state index contributed by atoms with van der Waals surface area (Å²) in [6, 6.07) is 9.89. The average Bonchev–Trinajstić information content (AvgIpc) is 2.28. The fourth-order valence-corrected chi connectivity index (χ4v) is 1.80. The van der Waals surface area contributed by atoms with Gasteiger partial charge in [0.15, 0.2) is 0 Å². The molecule has 1 aromatic carbocycles. The van der Waals surface area contributed by atoms with Crippen LogP contribution in [0.15, 0.2) is 35.2 Å². The molecule has 0 aliphatic heterocycles. The molecule has 4 heteroatoms. The maximum Gasteiger partial charge on any atom is 0.230 e. The number of rotatable bonds is 6. The second-order valence-electron chi connectivity index (χ2n) is 3.09. The number of thioether (sulfide) groups is 1.